The van der Waals surface area contributed by atoms with Gasteiger partial charge in [-0.05, 0) is 24.3 Å². The first-order valence-corrected chi connectivity index (χ1v) is 6.37. The highest BCUT2D eigenvalue weighted by Crippen LogP contribution is 2.38. The van der Waals surface area contributed by atoms with Gasteiger partial charge in [-0.15, -0.1) is 0 Å². The maximum Gasteiger partial charge on any atom is 0.301 e. The molecule has 0 N–H and O–H groups in total. The minimum absolute atomic E-state index is 0.110. The van der Waals surface area contributed by atoms with Crippen molar-refractivity contribution in [3.63, 3.8) is 0 Å². The van der Waals surface area contributed by atoms with E-state index in [9.17, 15) is 10.1 Å². The second-order valence-electron chi connectivity index (χ2n) is 3.26. The highest BCUT2D eigenvalue weighted by molar-refractivity contribution is 7.99. The van der Waals surface area contributed by atoms with Crippen molar-refractivity contribution < 1.29 is 4.92 Å². The predicted octanol–water partition coefficient (Wildman–Crippen LogP) is 4.45. The highest BCUT2D eigenvalue weighted by Gasteiger charge is 2.19. The molecule has 0 atom stereocenters. The van der Waals surface area contributed by atoms with Crippen LogP contribution in [0, 0.1) is 10.1 Å². The Morgan fingerprint density at radius 3 is 2.61 bits per heavy atom. The van der Waals surface area contributed by atoms with E-state index in [4.69, 9.17) is 23.2 Å². The van der Waals surface area contributed by atoms with Gasteiger partial charge in [-0.2, -0.15) is 0 Å². The molecule has 0 unspecified atom stereocenters. The largest absolute Gasteiger partial charge is 0.301 e. The number of nitro benzene ring substituents is 1. The Kier molecular flexibility index (Phi) is 4.06. The normalized spacial score (nSPS) is 10.3. The van der Waals surface area contributed by atoms with E-state index in [1.54, 1.807) is 24.3 Å². The molecule has 0 bridgehead atoms. The Balaban J connectivity index is 2.37. The quantitative estimate of drug-likeness (QED) is 0.621. The summed E-state index contributed by atoms with van der Waals surface area (Å²) >= 11 is 12.7. The lowest BCUT2D eigenvalue weighted by atomic mass is 10.3. The summed E-state index contributed by atoms with van der Waals surface area (Å²) in [5.41, 5.74) is -0.110. The number of para-hydroxylation sites is 1. The zero-order valence-electron chi connectivity index (χ0n) is 8.84. The molecular formula is C11H6Cl2N2O2S. The van der Waals surface area contributed by atoms with Crippen molar-refractivity contribution in [3.8, 4) is 0 Å². The number of nitro groups is 1. The lowest BCUT2D eigenvalue weighted by molar-refractivity contribution is -0.387. The average Bonchev–Trinajstić information content (AvgIpc) is 2.32. The number of rotatable bonds is 3. The lowest BCUT2D eigenvalue weighted by Crippen LogP contribution is -1.92. The third-order valence-electron chi connectivity index (χ3n) is 2.05. The molecule has 0 saturated heterocycles. The molecule has 0 saturated carbocycles. The van der Waals surface area contributed by atoms with E-state index >= 15 is 0 Å². The van der Waals surface area contributed by atoms with Crippen LogP contribution in [0.15, 0.2) is 46.5 Å². The van der Waals surface area contributed by atoms with E-state index in [1.807, 2.05) is 0 Å². The summed E-state index contributed by atoms with van der Waals surface area (Å²) < 4.78 is 0. The van der Waals surface area contributed by atoms with E-state index in [1.165, 1.54) is 24.0 Å². The zero-order chi connectivity index (χ0) is 13.1. The first-order chi connectivity index (χ1) is 8.58. The maximum atomic E-state index is 11.0. The van der Waals surface area contributed by atoms with Gasteiger partial charge in [-0.1, -0.05) is 41.0 Å². The SMILES string of the molecule is O=[N+]([O-])c1c(Cl)cccc1Sc1ccc(Cl)cn1. The molecule has 0 spiro atoms. The van der Waals surface area contributed by atoms with Gasteiger partial charge in [0, 0.05) is 6.20 Å². The molecule has 18 heavy (non-hydrogen) atoms. The van der Waals surface area contributed by atoms with Crippen molar-refractivity contribution >= 4 is 40.7 Å². The number of nitrogens with zero attached hydrogens (tertiary/aromatic N) is 2. The molecule has 1 heterocycles. The van der Waals surface area contributed by atoms with E-state index < -0.39 is 4.92 Å². The fourth-order valence-corrected chi connectivity index (χ4v) is 2.60. The summed E-state index contributed by atoms with van der Waals surface area (Å²) in [5.74, 6) is 0. The number of benzene rings is 1. The van der Waals surface area contributed by atoms with Crippen molar-refractivity contribution in [1.82, 2.24) is 4.98 Å². The van der Waals surface area contributed by atoms with Crippen LogP contribution in [0.25, 0.3) is 0 Å². The van der Waals surface area contributed by atoms with Crippen LogP contribution in [0.4, 0.5) is 5.69 Å². The fourth-order valence-electron chi connectivity index (χ4n) is 1.29. The van der Waals surface area contributed by atoms with Gasteiger partial charge in [-0.3, -0.25) is 10.1 Å². The van der Waals surface area contributed by atoms with Gasteiger partial charge >= 0.3 is 5.69 Å². The van der Waals surface area contributed by atoms with E-state index in [-0.39, 0.29) is 10.7 Å². The van der Waals surface area contributed by atoms with Crippen LogP contribution in [0.3, 0.4) is 0 Å². The second kappa shape index (κ2) is 5.56. The molecule has 2 rings (SSSR count). The van der Waals surface area contributed by atoms with Crippen LogP contribution in [0.2, 0.25) is 10.0 Å². The number of hydrogen-bond donors (Lipinski definition) is 0. The Morgan fingerprint density at radius 1 is 1.22 bits per heavy atom. The third-order valence-corrected chi connectivity index (χ3v) is 3.58. The fraction of sp³-hybridized carbons (Fsp3) is 0. The molecule has 0 amide bonds. The van der Waals surface area contributed by atoms with E-state index in [0.717, 1.165) is 0 Å². The molecule has 92 valence electrons. The topological polar surface area (TPSA) is 56.0 Å². The highest BCUT2D eigenvalue weighted by atomic mass is 35.5. The first-order valence-electron chi connectivity index (χ1n) is 4.80. The van der Waals surface area contributed by atoms with Gasteiger partial charge in [0.05, 0.1) is 14.8 Å². The third kappa shape index (κ3) is 2.93. The summed E-state index contributed by atoms with van der Waals surface area (Å²) in [6.07, 6.45) is 1.49. The smallest absolute Gasteiger partial charge is 0.258 e. The molecule has 0 fully saturated rings. The zero-order valence-corrected chi connectivity index (χ0v) is 11.2. The number of halogens is 2. The van der Waals surface area contributed by atoms with Crippen molar-refractivity contribution in [1.29, 1.82) is 0 Å². The molecule has 1 aromatic carbocycles. The summed E-state index contributed by atoms with van der Waals surface area (Å²) in [6, 6.07) is 8.14. The molecule has 4 nitrogen and oxygen atoms in total. The number of aromatic nitrogens is 1. The molecule has 0 aliphatic carbocycles. The summed E-state index contributed by atoms with van der Waals surface area (Å²) in [5, 5.41) is 12.2. The molecule has 0 radical (unpaired) electrons. The van der Waals surface area contributed by atoms with E-state index in [0.29, 0.717) is 14.9 Å². The van der Waals surface area contributed by atoms with Crippen LogP contribution in [0.5, 0.6) is 0 Å². The molecule has 0 aliphatic rings. The Labute approximate surface area is 117 Å². The number of hydrogen-bond acceptors (Lipinski definition) is 4. The lowest BCUT2D eigenvalue weighted by Gasteiger charge is -2.03. The molecule has 0 aliphatic heterocycles. The summed E-state index contributed by atoms with van der Waals surface area (Å²) in [4.78, 5) is 15.0. The molecule has 1 aromatic heterocycles. The van der Waals surface area contributed by atoms with Crippen LogP contribution < -0.4 is 0 Å². The molecular weight excluding hydrogens is 295 g/mol. The van der Waals surface area contributed by atoms with Crippen LogP contribution in [-0.4, -0.2) is 9.91 Å². The second-order valence-corrected chi connectivity index (χ2v) is 5.17. The van der Waals surface area contributed by atoms with Gasteiger partial charge in [0.15, 0.2) is 0 Å². The summed E-state index contributed by atoms with van der Waals surface area (Å²) in [7, 11) is 0. The minimum atomic E-state index is -0.499. The predicted molar refractivity (Wildman–Crippen MR) is 71.5 cm³/mol. The first kappa shape index (κ1) is 13.1. The Bertz CT molecular complexity index is 590. The monoisotopic (exact) mass is 300 g/mol. The van der Waals surface area contributed by atoms with Crippen molar-refractivity contribution in [2.45, 2.75) is 9.92 Å². The molecule has 7 heteroatoms. The summed E-state index contributed by atoms with van der Waals surface area (Å²) in [6.45, 7) is 0. The standard InChI is InChI=1S/C11H6Cl2N2O2S/c12-7-4-5-10(14-6-7)18-9-3-1-2-8(13)11(9)15(16)17/h1-6H. The van der Waals surface area contributed by atoms with Gasteiger partial charge < -0.3 is 0 Å². The van der Waals surface area contributed by atoms with Gasteiger partial charge in [0.1, 0.15) is 10.0 Å². The van der Waals surface area contributed by atoms with Crippen LogP contribution >= 0.6 is 35.0 Å². The van der Waals surface area contributed by atoms with Crippen molar-refractivity contribution in [3.05, 3.63) is 56.7 Å². The van der Waals surface area contributed by atoms with E-state index in [2.05, 4.69) is 4.98 Å². The Morgan fingerprint density at radius 2 is 2.00 bits per heavy atom. The van der Waals surface area contributed by atoms with Crippen LogP contribution in [-0.2, 0) is 0 Å². The number of pyridine rings is 1. The average molecular weight is 301 g/mol. The van der Waals surface area contributed by atoms with Gasteiger partial charge in [-0.25, -0.2) is 4.98 Å². The molecule has 2 aromatic rings. The Hall–Kier alpha value is -1.30. The van der Waals surface area contributed by atoms with Crippen LogP contribution in [0.1, 0.15) is 0 Å². The minimum Gasteiger partial charge on any atom is -0.258 e. The van der Waals surface area contributed by atoms with Gasteiger partial charge in [0.25, 0.3) is 0 Å². The maximum absolute atomic E-state index is 11.0. The van der Waals surface area contributed by atoms with Gasteiger partial charge in [0.2, 0.25) is 0 Å². The van der Waals surface area contributed by atoms with Crippen molar-refractivity contribution in [2.24, 2.45) is 0 Å². The van der Waals surface area contributed by atoms with Crippen molar-refractivity contribution in [2.75, 3.05) is 0 Å².